The normalized spacial score (nSPS) is 11.4. The summed E-state index contributed by atoms with van der Waals surface area (Å²) >= 11 is 19.2. The van der Waals surface area contributed by atoms with Crippen LogP contribution in [0.4, 0.5) is 5.69 Å². The molecule has 26 heavy (non-hydrogen) atoms. The van der Waals surface area contributed by atoms with Gasteiger partial charge in [-0.25, -0.2) is 8.42 Å². The zero-order valence-electron chi connectivity index (χ0n) is 14.1. The summed E-state index contributed by atoms with van der Waals surface area (Å²) in [6.07, 6.45) is 0.110. The summed E-state index contributed by atoms with van der Waals surface area (Å²) in [5, 5.41) is 1.80. The van der Waals surface area contributed by atoms with Crippen molar-refractivity contribution in [3.63, 3.8) is 0 Å². The van der Waals surface area contributed by atoms with Crippen molar-refractivity contribution in [3.8, 4) is 0 Å². The van der Waals surface area contributed by atoms with Crippen LogP contribution in [0.3, 0.4) is 0 Å². The van der Waals surface area contributed by atoms with Crippen LogP contribution < -0.4 is 4.72 Å². The van der Waals surface area contributed by atoms with E-state index in [2.05, 4.69) is 4.72 Å². The van der Waals surface area contributed by atoms with Gasteiger partial charge in [-0.15, -0.1) is 11.3 Å². The number of nitrogens with zero attached hydrogens (tertiary/aromatic N) is 1. The van der Waals surface area contributed by atoms with E-state index >= 15 is 0 Å². The highest BCUT2D eigenvalue weighted by molar-refractivity contribution is 7.93. The van der Waals surface area contributed by atoms with Crippen LogP contribution in [0.25, 0.3) is 0 Å². The van der Waals surface area contributed by atoms with Crippen molar-refractivity contribution in [1.82, 2.24) is 4.90 Å². The van der Waals surface area contributed by atoms with Crippen LogP contribution in [0.1, 0.15) is 18.7 Å². The Labute approximate surface area is 171 Å². The van der Waals surface area contributed by atoms with Gasteiger partial charge in [0, 0.05) is 23.0 Å². The van der Waals surface area contributed by atoms with Crippen molar-refractivity contribution in [2.45, 2.75) is 25.2 Å². The molecule has 0 bridgehead atoms. The highest BCUT2D eigenvalue weighted by Crippen LogP contribution is 2.35. The number of carbonyl (C=O) groups is 1. The summed E-state index contributed by atoms with van der Waals surface area (Å²) in [6.45, 7) is 4.98. The molecule has 0 radical (unpaired) electrons. The van der Waals surface area contributed by atoms with Gasteiger partial charge in [0.15, 0.2) is 0 Å². The molecular weight excluding hydrogens is 439 g/mol. The van der Waals surface area contributed by atoms with E-state index in [1.165, 1.54) is 23.5 Å². The molecule has 0 fully saturated rings. The largest absolute Gasteiger partial charge is 0.343 e. The molecule has 0 saturated carbocycles. The smallest absolute Gasteiger partial charge is 0.264 e. The lowest BCUT2D eigenvalue weighted by molar-refractivity contribution is -0.130. The number of benzene rings is 1. The van der Waals surface area contributed by atoms with Crippen molar-refractivity contribution in [2.75, 3.05) is 17.8 Å². The summed E-state index contributed by atoms with van der Waals surface area (Å²) in [4.78, 5) is 14.4. The van der Waals surface area contributed by atoms with E-state index in [0.717, 1.165) is 0 Å². The fraction of sp³-hybridized carbons (Fsp3) is 0.312. The second kappa shape index (κ2) is 8.80. The molecule has 0 atom stereocenters. The van der Waals surface area contributed by atoms with Gasteiger partial charge in [0.1, 0.15) is 4.90 Å². The van der Waals surface area contributed by atoms with Gasteiger partial charge in [-0.2, -0.15) is 0 Å². The van der Waals surface area contributed by atoms with Crippen molar-refractivity contribution in [3.05, 3.63) is 43.5 Å². The molecule has 0 aliphatic carbocycles. The zero-order chi connectivity index (χ0) is 19.5. The third-order valence-electron chi connectivity index (χ3n) is 3.65. The molecule has 0 unspecified atom stereocenters. The topological polar surface area (TPSA) is 66.5 Å². The number of nitrogens with one attached hydrogen (secondary N) is 1. The lowest BCUT2D eigenvalue weighted by atomic mass is 10.3. The summed E-state index contributed by atoms with van der Waals surface area (Å²) in [6, 6.07) is 4.22. The Morgan fingerprint density at radius 2 is 1.73 bits per heavy atom. The van der Waals surface area contributed by atoms with Crippen molar-refractivity contribution >= 4 is 67.8 Å². The Morgan fingerprint density at radius 1 is 1.15 bits per heavy atom. The second-order valence-electron chi connectivity index (χ2n) is 5.30. The first kappa shape index (κ1) is 21.3. The molecule has 5 nitrogen and oxygen atoms in total. The maximum atomic E-state index is 12.7. The van der Waals surface area contributed by atoms with Gasteiger partial charge < -0.3 is 4.90 Å². The summed E-state index contributed by atoms with van der Waals surface area (Å²) < 4.78 is 27.9. The van der Waals surface area contributed by atoms with Crippen molar-refractivity contribution < 1.29 is 13.2 Å². The van der Waals surface area contributed by atoms with Crippen LogP contribution in [0.2, 0.25) is 15.1 Å². The predicted octanol–water partition coefficient (Wildman–Crippen LogP) is 4.92. The third kappa shape index (κ3) is 4.84. The standard InChI is InChI=1S/C16H17Cl3N2O3S2/c1-3-21(4-2)15(22)9-14-13(5-6-25-14)20-26(23,24)16-11(18)7-10(17)8-12(16)19/h5-8,20H,3-4,9H2,1-2H3. The lowest BCUT2D eigenvalue weighted by Crippen LogP contribution is -2.31. The predicted molar refractivity (Wildman–Crippen MR) is 108 cm³/mol. The number of thiophene rings is 1. The second-order valence-corrected chi connectivity index (χ2v) is 9.18. The number of carbonyl (C=O) groups excluding carboxylic acids is 1. The van der Waals surface area contributed by atoms with E-state index in [1.807, 2.05) is 13.8 Å². The number of anilines is 1. The van der Waals surface area contributed by atoms with E-state index < -0.39 is 10.0 Å². The molecule has 2 rings (SSSR count). The first-order valence-electron chi connectivity index (χ1n) is 7.71. The summed E-state index contributed by atoms with van der Waals surface area (Å²) in [7, 11) is -4.04. The molecule has 10 heteroatoms. The number of rotatable bonds is 7. The van der Waals surface area contributed by atoms with Crippen LogP contribution in [0.15, 0.2) is 28.5 Å². The van der Waals surface area contributed by atoms with Crippen LogP contribution in [0.5, 0.6) is 0 Å². The van der Waals surface area contributed by atoms with Crippen molar-refractivity contribution in [2.24, 2.45) is 0 Å². The van der Waals surface area contributed by atoms with E-state index in [1.54, 1.807) is 16.3 Å². The van der Waals surface area contributed by atoms with Crippen LogP contribution in [-0.2, 0) is 21.2 Å². The van der Waals surface area contributed by atoms with E-state index in [0.29, 0.717) is 23.7 Å². The number of likely N-dealkylation sites (N-methyl/N-ethyl adjacent to an activating group) is 1. The van der Waals surface area contributed by atoms with Gasteiger partial charge in [0.2, 0.25) is 5.91 Å². The lowest BCUT2D eigenvalue weighted by Gasteiger charge is -2.18. The minimum Gasteiger partial charge on any atom is -0.343 e. The average Bonchev–Trinajstić information content (AvgIpc) is 2.93. The quantitative estimate of drug-likeness (QED) is 0.644. The maximum Gasteiger partial charge on any atom is 0.264 e. The fourth-order valence-electron chi connectivity index (χ4n) is 2.38. The van der Waals surface area contributed by atoms with Crippen LogP contribution in [0, 0.1) is 0 Å². The third-order valence-corrected chi connectivity index (χ3v) is 7.07. The van der Waals surface area contributed by atoms with Gasteiger partial charge in [-0.1, -0.05) is 34.8 Å². The highest BCUT2D eigenvalue weighted by Gasteiger charge is 2.24. The maximum absolute atomic E-state index is 12.7. The Kier molecular flexibility index (Phi) is 7.21. The number of hydrogen-bond acceptors (Lipinski definition) is 4. The Morgan fingerprint density at radius 3 is 2.27 bits per heavy atom. The molecule has 0 saturated heterocycles. The minimum absolute atomic E-state index is 0.0690. The Balaban J connectivity index is 2.30. The van der Waals surface area contributed by atoms with Gasteiger partial charge in [0.25, 0.3) is 10.0 Å². The molecule has 1 amide bonds. The van der Waals surface area contributed by atoms with Gasteiger partial charge >= 0.3 is 0 Å². The summed E-state index contributed by atoms with van der Waals surface area (Å²) in [5.41, 5.74) is 0.331. The molecule has 1 heterocycles. The molecule has 0 aliphatic rings. The molecule has 0 spiro atoms. The molecule has 0 aliphatic heterocycles. The Bertz CT molecular complexity index is 886. The summed E-state index contributed by atoms with van der Waals surface area (Å²) in [5.74, 6) is -0.0690. The SMILES string of the molecule is CCN(CC)C(=O)Cc1sccc1NS(=O)(=O)c1c(Cl)cc(Cl)cc1Cl. The molecule has 142 valence electrons. The van der Waals surface area contributed by atoms with E-state index in [-0.39, 0.29) is 32.3 Å². The molecular formula is C16H17Cl3N2O3S2. The Hall–Kier alpha value is -0.990. The zero-order valence-corrected chi connectivity index (χ0v) is 18.0. The molecule has 1 N–H and O–H groups in total. The van der Waals surface area contributed by atoms with Gasteiger partial charge in [-0.05, 0) is 37.4 Å². The number of sulfonamides is 1. The number of hydrogen-bond donors (Lipinski definition) is 1. The van der Waals surface area contributed by atoms with Crippen molar-refractivity contribution in [1.29, 1.82) is 0 Å². The number of amides is 1. The molecule has 1 aromatic heterocycles. The number of halogens is 3. The first-order chi connectivity index (χ1) is 12.2. The van der Waals surface area contributed by atoms with Gasteiger partial charge in [0.05, 0.1) is 22.2 Å². The average molecular weight is 456 g/mol. The molecule has 2 aromatic rings. The highest BCUT2D eigenvalue weighted by atomic mass is 35.5. The van der Waals surface area contributed by atoms with E-state index in [4.69, 9.17) is 34.8 Å². The van der Waals surface area contributed by atoms with Crippen LogP contribution >= 0.6 is 46.1 Å². The fourth-order valence-corrected chi connectivity index (χ4v) is 5.90. The first-order valence-corrected chi connectivity index (χ1v) is 11.2. The van der Waals surface area contributed by atoms with Crippen LogP contribution in [-0.4, -0.2) is 32.3 Å². The van der Waals surface area contributed by atoms with Gasteiger partial charge in [-0.3, -0.25) is 9.52 Å². The van der Waals surface area contributed by atoms with E-state index in [9.17, 15) is 13.2 Å². The monoisotopic (exact) mass is 454 g/mol. The molecule has 1 aromatic carbocycles. The minimum atomic E-state index is -4.04.